The Balaban J connectivity index is 1.98. The Bertz CT molecular complexity index is 875. The molecule has 0 fully saturated rings. The van der Waals surface area contributed by atoms with E-state index in [1.165, 1.54) is 41.7 Å². The molecule has 0 aliphatic rings. The fraction of sp³-hybridized carbons (Fsp3) is 0.133. The lowest BCUT2D eigenvalue weighted by molar-refractivity contribution is -0.114. The molecule has 0 aliphatic carbocycles. The number of benzene rings is 1. The van der Waals surface area contributed by atoms with Crippen LogP contribution in [-0.2, 0) is 20.6 Å². The summed E-state index contributed by atoms with van der Waals surface area (Å²) in [5.41, 5.74) is 1.53. The van der Waals surface area contributed by atoms with Crippen LogP contribution < -0.4 is 4.72 Å². The number of nitrogens with one attached hydrogen (secondary N) is 1. The molecule has 0 saturated carbocycles. The van der Waals surface area contributed by atoms with Crippen molar-refractivity contribution >= 4 is 33.3 Å². The van der Waals surface area contributed by atoms with Crippen molar-refractivity contribution < 1.29 is 13.2 Å². The van der Waals surface area contributed by atoms with Crippen LogP contribution in [0.4, 0.5) is 0 Å². The molecular weight excluding hydrogens is 334 g/mol. The normalized spacial score (nSPS) is 11.3. The van der Waals surface area contributed by atoms with Gasteiger partial charge >= 0.3 is 0 Å². The number of rotatable bonds is 5. The number of hydrogen-bond donors (Lipinski definition) is 1. The summed E-state index contributed by atoms with van der Waals surface area (Å²) >= 11 is 1.44. The first-order valence-electron chi connectivity index (χ1n) is 6.52. The number of sulfonamides is 1. The number of nitriles is 1. The minimum absolute atomic E-state index is 0.339. The first kappa shape index (κ1) is 16.9. The van der Waals surface area contributed by atoms with E-state index in [9.17, 15) is 13.2 Å². The van der Waals surface area contributed by atoms with Gasteiger partial charge in [0.2, 0.25) is 10.0 Å². The molecule has 0 bridgehead atoms. The van der Waals surface area contributed by atoms with E-state index in [-0.39, 0.29) is 5.75 Å². The highest BCUT2D eigenvalue weighted by molar-refractivity contribution is 7.89. The topological polar surface area (TPSA) is 99.9 Å². The van der Waals surface area contributed by atoms with Crippen LogP contribution in [0.1, 0.15) is 21.8 Å². The van der Waals surface area contributed by atoms with E-state index in [1.807, 2.05) is 17.7 Å². The molecule has 0 radical (unpaired) electrons. The average molecular weight is 347 g/mol. The lowest BCUT2D eigenvalue weighted by Crippen LogP contribution is -2.30. The molecule has 0 aliphatic heterocycles. The van der Waals surface area contributed by atoms with E-state index in [1.54, 1.807) is 5.38 Å². The number of carbonyl (C=O) groups excluding carboxylic acids is 1. The van der Waals surface area contributed by atoms with Crippen molar-refractivity contribution in [1.29, 1.82) is 5.26 Å². The number of amides is 1. The van der Waals surface area contributed by atoms with Crippen LogP contribution in [0.15, 0.2) is 35.7 Å². The van der Waals surface area contributed by atoms with Gasteiger partial charge in [0.15, 0.2) is 0 Å². The second kappa shape index (κ2) is 7.17. The van der Waals surface area contributed by atoms with E-state index in [0.29, 0.717) is 16.8 Å². The maximum Gasteiger partial charge on any atom is 0.257 e. The fourth-order valence-electron chi connectivity index (χ4n) is 1.74. The summed E-state index contributed by atoms with van der Waals surface area (Å²) in [5, 5.41) is 11.3. The van der Waals surface area contributed by atoms with Gasteiger partial charge in [-0.05, 0) is 30.7 Å². The second-order valence-corrected chi connectivity index (χ2v) is 7.44. The summed E-state index contributed by atoms with van der Waals surface area (Å²) < 4.78 is 25.8. The highest BCUT2D eigenvalue weighted by atomic mass is 32.2. The molecule has 0 spiro atoms. The van der Waals surface area contributed by atoms with Crippen LogP contribution >= 0.6 is 11.3 Å². The van der Waals surface area contributed by atoms with E-state index < -0.39 is 15.9 Å². The molecule has 0 atom stereocenters. The van der Waals surface area contributed by atoms with Gasteiger partial charge in [-0.25, -0.2) is 18.1 Å². The summed E-state index contributed by atoms with van der Waals surface area (Å²) in [6, 6.07) is 8.08. The minimum atomic E-state index is -3.80. The Morgan fingerprint density at radius 1 is 1.39 bits per heavy atom. The maximum atomic E-state index is 11.9. The van der Waals surface area contributed by atoms with Crippen molar-refractivity contribution in [3.8, 4) is 6.07 Å². The Kier molecular flexibility index (Phi) is 5.26. The van der Waals surface area contributed by atoms with Gasteiger partial charge in [0.1, 0.15) is 0 Å². The third kappa shape index (κ3) is 5.32. The van der Waals surface area contributed by atoms with Crippen LogP contribution in [0, 0.1) is 18.3 Å². The molecule has 1 N–H and O–H groups in total. The first-order chi connectivity index (χ1) is 10.9. The molecule has 0 unspecified atom stereocenters. The fourth-order valence-corrected chi connectivity index (χ4v) is 3.39. The number of aromatic nitrogens is 1. The number of hydrogen-bond acceptors (Lipinski definition) is 6. The Labute approximate surface area is 138 Å². The van der Waals surface area contributed by atoms with E-state index in [4.69, 9.17) is 5.26 Å². The summed E-state index contributed by atoms with van der Waals surface area (Å²) in [4.78, 5) is 15.8. The highest BCUT2D eigenvalue weighted by Crippen LogP contribution is 2.10. The van der Waals surface area contributed by atoms with Gasteiger partial charge in [-0.2, -0.15) is 5.26 Å². The number of nitrogens with zero attached hydrogens (tertiary/aromatic N) is 2. The van der Waals surface area contributed by atoms with Gasteiger partial charge in [0, 0.05) is 11.5 Å². The van der Waals surface area contributed by atoms with E-state index >= 15 is 0 Å². The summed E-state index contributed by atoms with van der Waals surface area (Å²) in [7, 11) is -3.80. The van der Waals surface area contributed by atoms with Crippen LogP contribution in [0.2, 0.25) is 0 Å². The van der Waals surface area contributed by atoms with Gasteiger partial charge < -0.3 is 0 Å². The lowest BCUT2D eigenvalue weighted by atomic mass is 10.2. The van der Waals surface area contributed by atoms with Gasteiger partial charge in [0.05, 0.1) is 28.1 Å². The largest absolute Gasteiger partial charge is 0.269 e. The monoisotopic (exact) mass is 347 g/mol. The van der Waals surface area contributed by atoms with Gasteiger partial charge in [-0.1, -0.05) is 12.1 Å². The Hall–Kier alpha value is -2.50. The van der Waals surface area contributed by atoms with E-state index in [2.05, 4.69) is 4.98 Å². The van der Waals surface area contributed by atoms with Crippen LogP contribution in [0.5, 0.6) is 0 Å². The molecule has 1 aromatic carbocycles. The minimum Gasteiger partial charge on any atom is -0.269 e. The molecule has 0 saturated heterocycles. The Morgan fingerprint density at radius 3 is 2.65 bits per heavy atom. The maximum absolute atomic E-state index is 11.9. The Morgan fingerprint density at radius 2 is 2.09 bits per heavy atom. The average Bonchev–Trinajstić information content (AvgIpc) is 2.91. The van der Waals surface area contributed by atoms with Crippen molar-refractivity contribution in [2.45, 2.75) is 12.7 Å². The van der Waals surface area contributed by atoms with Crippen molar-refractivity contribution in [3.05, 3.63) is 57.6 Å². The first-order valence-corrected chi connectivity index (χ1v) is 9.05. The SMILES string of the molecule is Cc1nc(/C=C/C(=O)NS(=O)(=O)Cc2ccc(C#N)cc2)cs1. The third-order valence-corrected chi connectivity index (χ3v) is 4.76. The van der Waals surface area contributed by atoms with Crippen LogP contribution in [-0.4, -0.2) is 19.3 Å². The predicted molar refractivity (Wildman–Crippen MR) is 87.8 cm³/mol. The standard InChI is InChI=1S/C15H13N3O3S2/c1-11-17-14(9-22-11)6-7-15(19)18-23(20,21)10-13-4-2-12(8-16)3-5-13/h2-7,9H,10H2,1H3,(H,18,19)/b7-6+. The highest BCUT2D eigenvalue weighted by Gasteiger charge is 2.14. The van der Waals surface area contributed by atoms with Crippen molar-refractivity contribution in [1.82, 2.24) is 9.71 Å². The molecule has 2 aromatic rings. The summed E-state index contributed by atoms with van der Waals surface area (Å²) in [6.45, 7) is 1.84. The molecule has 23 heavy (non-hydrogen) atoms. The zero-order valence-corrected chi connectivity index (χ0v) is 13.8. The van der Waals surface area contributed by atoms with Crippen LogP contribution in [0.3, 0.4) is 0 Å². The van der Waals surface area contributed by atoms with Crippen molar-refractivity contribution in [2.75, 3.05) is 0 Å². The zero-order chi connectivity index (χ0) is 16.9. The number of carbonyl (C=O) groups is 1. The molecule has 118 valence electrons. The smallest absolute Gasteiger partial charge is 0.257 e. The number of thiazole rings is 1. The third-order valence-electron chi connectivity index (χ3n) is 2.74. The molecule has 2 rings (SSSR count). The molecule has 1 heterocycles. The lowest BCUT2D eigenvalue weighted by Gasteiger charge is -2.05. The van der Waals surface area contributed by atoms with Crippen molar-refractivity contribution in [2.24, 2.45) is 0 Å². The zero-order valence-electron chi connectivity index (χ0n) is 12.2. The van der Waals surface area contributed by atoms with Crippen molar-refractivity contribution in [3.63, 3.8) is 0 Å². The summed E-state index contributed by atoms with van der Waals surface area (Å²) in [5.74, 6) is -1.07. The van der Waals surface area contributed by atoms with Gasteiger partial charge in [-0.15, -0.1) is 11.3 Å². The molecule has 8 heteroatoms. The van der Waals surface area contributed by atoms with Gasteiger partial charge in [0.25, 0.3) is 5.91 Å². The quantitative estimate of drug-likeness (QED) is 0.834. The van der Waals surface area contributed by atoms with E-state index in [0.717, 1.165) is 11.1 Å². The molecular formula is C15H13N3O3S2. The van der Waals surface area contributed by atoms with Crippen LogP contribution in [0.25, 0.3) is 6.08 Å². The molecule has 6 nitrogen and oxygen atoms in total. The predicted octanol–water partition coefficient (Wildman–Crippen LogP) is 1.98. The molecule has 1 amide bonds. The second-order valence-electron chi connectivity index (χ2n) is 4.66. The van der Waals surface area contributed by atoms with Gasteiger partial charge in [-0.3, -0.25) is 4.79 Å². The summed E-state index contributed by atoms with van der Waals surface area (Å²) in [6.07, 6.45) is 2.58. The number of aryl methyl sites for hydroxylation is 1. The molecule has 1 aromatic heterocycles.